The summed E-state index contributed by atoms with van der Waals surface area (Å²) in [4.78, 5) is 0. The molecule has 0 aliphatic heterocycles. The van der Waals surface area contributed by atoms with Crippen molar-refractivity contribution in [1.29, 1.82) is 0 Å². The summed E-state index contributed by atoms with van der Waals surface area (Å²) < 4.78 is 8.36. The van der Waals surface area contributed by atoms with Crippen LogP contribution in [-0.4, -0.2) is 35.1 Å². The lowest BCUT2D eigenvalue weighted by Crippen LogP contribution is -2.11. The summed E-state index contributed by atoms with van der Waals surface area (Å²) in [5.41, 5.74) is 0.892. The zero-order valence-corrected chi connectivity index (χ0v) is 13.2. The molecule has 4 rings (SSSR count). The van der Waals surface area contributed by atoms with E-state index in [1.807, 2.05) is 30.3 Å². The first kappa shape index (κ1) is 14.5. The molecule has 3 heterocycles. The van der Waals surface area contributed by atoms with Crippen LogP contribution >= 0.6 is 11.8 Å². The maximum absolute atomic E-state index is 6.04. The van der Waals surface area contributed by atoms with Gasteiger partial charge in [-0.3, -0.25) is 0 Å². The van der Waals surface area contributed by atoms with E-state index in [0.29, 0.717) is 28.3 Å². The minimum Gasteiger partial charge on any atom is -0.461 e. The van der Waals surface area contributed by atoms with E-state index in [1.165, 1.54) is 16.4 Å². The highest BCUT2D eigenvalue weighted by Crippen LogP contribution is 2.24. The van der Waals surface area contributed by atoms with Gasteiger partial charge in [-0.2, -0.15) is 4.68 Å². The van der Waals surface area contributed by atoms with E-state index in [0.717, 1.165) is 5.69 Å². The lowest BCUT2D eigenvalue weighted by molar-refractivity contribution is 0.574. The normalized spacial score (nSPS) is 11.0. The van der Waals surface area contributed by atoms with Crippen molar-refractivity contribution in [2.75, 3.05) is 5.84 Å². The van der Waals surface area contributed by atoms with E-state index in [9.17, 15) is 0 Å². The highest BCUT2D eigenvalue weighted by molar-refractivity contribution is 7.98. The molecule has 0 saturated carbocycles. The lowest BCUT2D eigenvalue weighted by atomic mass is 10.3. The van der Waals surface area contributed by atoms with Gasteiger partial charge in [0.1, 0.15) is 0 Å². The molecule has 0 radical (unpaired) electrons. The number of hydrogen-bond acceptors (Lipinski definition) is 8. The van der Waals surface area contributed by atoms with E-state index in [2.05, 4.69) is 25.7 Å². The standard InChI is InChI=1S/C14H12N8OS/c15-21-13(11-7-4-8-23-11)17-18-14(21)24-9-12-16-19-20-22(12)10-5-2-1-3-6-10/h1-8H,9,15H2. The molecule has 0 aliphatic carbocycles. The van der Waals surface area contributed by atoms with Gasteiger partial charge >= 0.3 is 0 Å². The molecule has 3 aromatic heterocycles. The second-order valence-corrected chi connectivity index (χ2v) is 5.73. The Bertz CT molecular complexity index is 931. The minimum absolute atomic E-state index is 0.463. The Balaban J connectivity index is 1.54. The molecule has 1 aromatic carbocycles. The van der Waals surface area contributed by atoms with E-state index in [1.54, 1.807) is 23.1 Å². The van der Waals surface area contributed by atoms with Crippen molar-refractivity contribution in [3.05, 3.63) is 54.6 Å². The molecule has 120 valence electrons. The molecule has 0 amide bonds. The summed E-state index contributed by atoms with van der Waals surface area (Å²) in [7, 11) is 0. The van der Waals surface area contributed by atoms with Gasteiger partial charge in [0.25, 0.3) is 0 Å². The third-order valence-electron chi connectivity index (χ3n) is 3.27. The Morgan fingerprint density at radius 2 is 1.92 bits per heavy atom. The molecule has 0 fully saturated rings. The topological polar surface area (TPSA) is 113 Å². The Kier molecular flexibility index (Phi) is 3.71. The van der Waals surface area contributed by atoms with Crippen LogP contribution in [-0.2, 0) is 5.75 Å². The molecule has 0 spiro atoms. The van der Waals surface area contributed by atoms with Gasteiger partial charge in [-0.05, 0) is 34.7 Å². The van der Waals surface area contributed by atoms with Gasteiger partial charge in [0, 0.05) is 0 Å². The number of thioether (sulfide) groups is 1. The maximum atomic E-state index is 6.04. The zero-order chi connectivity index (χ0) is 16.4. The molecular formula is C14H12N8OS. The Morgan fingerprint density at radius 1 is 1.04 bits per heavy atom. The number of para-hydroxylation sites is 1. The van der Waals surface area contributed by atoms with Crippen LogP contribution in [0.15, 0.2) is 58.3 Å². The third kappa shape index (κ3) is 2.63. The van der Waals surface area contributed by atoms with E-state index < -0.39 is 0 Å². The van der Waals surface area contributed by atoms with Crippen LogP contribution in [0.5, 0.6) is 0 Å². The predicted octanol–water partition coefficient (Wildman–Crippen LogP) is 1.52. The van der Waals surface area contributed by atoms with Crippen molar-refractivity contribution in [2.45, 2.75) is 10.9 Å². The molecule has 0 atom stereocenters. The number of benzene rings is 1. The SMILES string of the molecule is Nn1c(SCc2nnnn2-c2ccccc2)nnc1-c1ccco1. The fraction of sp³-hybridized carbons (Fsp3) is 0.0714. The van der Waals surface area contributed by atoms with Crippen molar-refractivity contribution >= 4 is 11.8 Å². The smallest absolute Gasteiger partial charge is 0.218 e. The van der Waals surface area contributed by atoms with Gasteiger partial charge in [0.05, 0.1) is 17.7 Å². The van der Waals surface area contributed by atoms with Gasteiger partial charge in [0.15, 0.2) is 11.6 Å². The first-order valence-corrected chi connectivity index (χ1v) is 8.01. The van der Waals surface area contributed by atoms with Crippen molar-refractivity contribution in [1.82, 2.24) is 35.1 Å². The van der Waals surface area contributed by atoms with Crippen LogP contribution in [0.3, 0.4) is 0 Å². The van der Waals surface area contributed by atoms with Crippen LogP contribution in [0.4, 0.5) is 0 Å². The number of aromatic nitrogens is 7. The Labute approximate surface area is 140 Å². The van der Waals surface area contributed by atoms with Crippen LogP contribution in [0.1, 0.15) is 5.82 Å². The molecule has 10 heteroatoms. The Hall–Kier alpha value is -3.14. The van der Waals surface area contributed by atoms with Crippen LogP contribution in [0.25, 0.3) is 17.3 Å². The molecule has 4 aromatic rings. The van der Waals surface area contributed by atoms with Gasteiger partial charge in [-0.1, -0.05) is 30.0 Å². The van der Waals surface area contributed by atoms with Crippen molar-refractivity contribution in [3.63, 3.8) is 0 Å². The molecule has 0 saturated heterocycles. The first-order chi connectivity index (χ1) is 11.8. The minimum atomic E-state index is 0.463. The van der Waals surface area contributed by atoms with Gasteiger partial charge < -0.3 is 10.3 Å². The Morgan fingerprint density at radius 3 is 2.71 bits per heavy atom. The summed E-state index contributed by atoms with van der Waals surface area (Å²) in [6.45, 7) is 0. The van der Waals surface area contributed by atoms with Gasteiger partial charge in [-0.15, -0.1) is 15.3 Å². The summed E-state index contributed by atoms with van der Waals surface area (Å²) in [5.74, 6) is 8.24. The van der Waals surface area contributed by atoms with Crippen LogP contribution in [0.2, 0.25) is 0 Å². The van der Waals surface area contributed by atoms with Gasteiger partial charge in [0.2, 0.25) is 11.0 Å². The summed E-state index contributed by atoms with van der Waals surface area (Å²) in [6, 6.07) is 13.2. The van der Waals surface area contributed by atoms with Crippen molar-refractivity contribution in [2.24, 2.45) is 0 Å². The molecule has 0 aliphatic rings. The average Bonchev–Trinajstić information content (AvgIpc) is 3.35. The second kappa shape index (κ2) is 6.16. The lowest BCUT2D eigenvalue weighted by Gasteiger charge is -2.04. The van der Waals surface area contributed by atoms with Crippen LogP contribution < -0.4 is 5.84 Å². The molecule has 2 N–H and O–H groups in total. The molecule has 9 nitrogen and oxygen atoms in total. The highest BCUT2D eigenvalue weighted by atomic mass is 32.2. The van der Waals surface area contributed by atoms with Crippen molar-refractivity contribution in [3.8, 4) is 17.3 Å². The number of hydrogen-bond donors (Lipinski definition) is 1. The monoisotopic (exact) mass is 340 g/mol. The fourth-order valence-corrected chi connectivity index (χ4v) is 2.91. The zero-order valence-electron chi connectivity index (χ0n) is 12.4. The number of nitrogens with two attached hydrogens (primary N) is 1. The number of nitrogens with zero attached hydrogens (tertiary/aromatic N) is 7. The summed E-state index contributed by atoms with van der Waals surface area (Å²) >= 11 is 1.39. The number of rotatable bonds is 5. The van der Waals surface area contributed by atoms with E-state index in [-0.39, 0.29) is 0 Å². The number of tetrazole rings is 1. The van der Waals surface area contributed by atoms with Crippen LogP contribution in [0, 0.1) is 0 Å². The third-order valence-corrected chi connectivity index (χ3v) is 4.21. The van der Waals surface area contributed by atoms with E-state index in [4.69, 9.17) is 10.3 Å². The quantitative estimate of drug-likeness (QED) is 0.430. The van der Waals surface area contributed by atoms with E-state index >= 15 is 0 Å². The molecule has 0 unspecified atom stereocenters. The fourth-order valence-electron chi connectivity index (χ4n) is 2.14. The molecule has 0 bridgehead atoms. The maximum Gasteiger partial charge on any atom is 0.218 e. The van der Waals surface area contributed by atoms with Crippen molar-refractivity contribution < 1.29 is 4.42 Å². The number of furan rings is 1. The number of nitrogen functional groups attached to an aromatic ring is 1. The van der Waals surface area contributed by atoms with Gasteiger partial charge in [-0.25, -0.2) is 4.68 Å². The largest absolute Gasteiger partial charge is 0.461 e. The highest BCUT2D eigenvalue weighted by Gasteiger charge is 2.16. The molecular weight excluding hydrogens is 328 g/mol. The second-order valence-electron chi connectivity index (χ2n) is 4.78. The first-order valence-electron chi connectivity index (χ1n) is 7.03. The molecule has 24 heavy (non-hydrogen) atoms. The summed E-state index contributed by atoms with van der Waals surface area (Å²) in [5, 5.41) is 20.5. The predicted molar refractivity (Wildman–Crippen MR) is 86.6 cm³/mol. The average molecular weight is 340 g/mol. The summed E-state index contributed by atoms with van der Waals surface area (Å²) in [6.07, 6.45) is 1.56.